The van der Waals surface area contributed by atoms with Gasteiger partial charge in [-0.3, -0.25) is 4.79 Å². The summed E-state index contributed by atoms with van der Waals surface area (Å²) in [4.78, 5) is 31.3. The number of carbonyl (C=O) groups is 2. The van der Waals surface area contributed by atoms with Gasteiger partial charge in [-0.2, -0.15) is 0 Å². The van der Waals surface area contributed by atoms with E-state index in [0.29, 0.717) is 18.0 Å². The lowest BCUT2D eigenvalue weighted by atomic mass is 10.0. The number of hydrogen-bond donors (Lipinski definition) is 1. The highest BCUT2D eigenvalue weighted by atomic mass is 32.1. The van der Waals surface area contributed by atoms with Crippen molar-refractivity contribution in [2.75, 3.05) is 25.0 Å². The number of rotatable bonds is 7. The van der Waals surface area contributed by atoms with Crippen LogP contribution >= 0.6 is 11.3 Å². The molecule has 8 heteroatoms. The lowest BCUT2D eigenvalue weighted by Gasteiger charge is -2.37. The number of hydrogen-bond acceptors (Lipinski definition) is 4. The first-order valence-electron chi connectivity index (χ1n) is 11.9. The van der Waals surface area contributed by atoms with Gasteiger partial charge in [0.25, 0.3) is 0 Å². The monoisotopic (exact) mass is 493 g/mol. The Bertz CT molecular complexity index is 1190. The minimum atomic E-state index is -0.323. The van der Waals surface area contributed by atoms with E-state index in [1.165, 1.54) is 17.0 Å². The quantitative estimate of drug-likeness (QED) is 0.480. The molecule has 3 amide bonds. The van der Waals surface area contributed by atoms with Gasteiger partial charge >= 0.3 is 6.03 Å². The number of urea groups is 1. The zero-order chi connectivity index (χ0) is 24.4. The van der Waals surface area contributed by atoms with Crippen molar-refractivity contribution in [1.82, 2.24) is 9.80 Å². The molecule has 0 radical (unpaired) electrons. The van der Waals surface area contributed by atoms with Crippen LogP contribution in [0.25, 0.3) is 0 Å². The molecule has 1 N–H and O–H groups in total. The summed E-state index contributed by atoms with van der Waals surface area (Å²) >= 11 is 1.68. The van der Waals surface area contributed by atoms with Gasteiger partial charge in [0.2, 0.25) is 5.91 Å². The Kier molecular flexibility index (Phi) is 6.72. The normalized spacial score (nSPS) is 17.0. The van der Waals surface area contributed by atoms with E-state index in [9.17, 15) is 14.0 Å². The van der Waals surface area contributed by atoms with Gasteiger partial charge in [0.1, 0.15) is 24.7 Å². The van der Waals surface area contributed by atoms with Crippen LogP contribution in [0.1, 0.15) is 34.9 Å². The molecule has 2 heterocycles. The van der Waals surface area contributed by atoms with Crippen LogP contribution in [0.5, 0.6) is 5.75 Å². The number of nitrogens with one attached hydrogen (secondary N) is 1. The van der Waals surface area contributed by atoms with Crippen LogP contribution in [0.3, 0.4) is 0 Å². The van der Waals surface area contributed by atoms with Crippen molar-refractivity contribution in [3.8, 4) is 5.75 Å². The number of benzene rings is 2. The summed E-state index contributed by atoms with van der Waals surface area (Å²) in [6.07, 6.45) is 2.59. The van der Waals surface area contributed by atoms with Gasteiger partial charge in [-0.25, -0.2) is 9.18 Å². The molecular formula is C27H28FN3O3S. The molecule has 1 aromatic heterocycles. The van der Waals surface area contributed by atoms with Crippen molar-refractivity contribution in [3.05, 3.63) is 81.8 Å². The van der Waals surface area contributed by atoms with Crippen LogP contribution in [-0.2, 0) is 11.2 Å². The Morgan fingerprint density at radius 3 is 2.57 bits per heavy atom. The van der Waals surface area contributed by atoms with Crippen LogP contribution in [0.15, 0.2) is 60.0 Å². The van der Waals surface area contributed by atoms with Gasteiger partial charge in [-0.15, -0.1) is 11.3 Å². The van der Waals surface area contributed by atoms with Gasteiger partial charge in [-0.1, -0.05) is 17.7 Å². The highest BCUT2D eigenvalue weighted by Gasteiger charge is 2.38. The Labute approximate surface area is 208 Å². The Morgan fingerprint density at radius 1 is 1.11 bits per heavy atom. The summed E-state index contributed by atoms with van der Waals surface area (Å²) < 4.78 is 19.2. The molecule has 1 fully saturated rings. The SMILES string of the molecule is Cc1ccc(NC(=O)N(CC(=O)N2CCc3sccc3[C@@H]2COc2ccc(F)cc2)C2CC2)cc1. The maximum absolute atomic E-state index is 13.5. The van der Waals surface area contributed by atoms with Gasteiger partial charge in [0.05, 0.1) is 6.04 Å². The number of anilines is 1. The summed E-state index contributed by atoms with van der Waals surface area (Å²) in [5.41, 5.74) is 2.91. The van der Waals surface area contributed by atoms with Gasteiger partial charge in [0.15, 0.2) is 0 Å². The fourth-order valence-electron chi connectivity index (χ4n) is 4.40. The molecule has 2 aromatic carbocycles. The number of carbonyl (C=O) groups excluding carboxylic acids is 2. The molecule has 5 rings (SSSR count). The first-order valence-corrected chi connectivity index (χ1v) is 12.7. The second-order valence-electron chi connectivity index (χ2n) is 9.07. The van der Waals surface area contributed by atoms with Crippen molar-refractivity contribution < 1.29 is 18.7 Å². The third-order valence-electron chi connectivity index (χ3n) is 6.49. The summed E-state index contributed by atoms with van der Waals surface area (Å²) in [5, 5.41) is 4.97. The van der Waals surface area contributed by atoms with E-state index in [2.05, 4.69) is 5.32 Å². The molecule has 2 aliphatic rings. The van der Waals surface area contributed by atoms with Crippen molar-refractivity contribution in [1.29, 1.82) is 0 Å². The predicted octanol–water partition coefficient (Wildman–Crippen LogP) is 5.40. The third kappa shape index (κ3) is 5.48. The van der Waals surface area contributed by atoms with Gasteiger partial charge in [0, 0.05) is 23.2 Å². The number of thiophene rings is 1. The molecule has 1 atom stereocenters. The number of amides is 3. The maximum atomic E-state index is 13.5. The van der Waals surface area contributed by atoms with Crippen LogP contribution in [0.4, 0.5) is 14.9 Å². The van der Waals surface area contributed by atoms with E-state index >= 15 is 0 Å². The van der Waals surface area contributed by atoms with Crippen LogP contribution in [0.2, 0.25) is 0 Å². The van der Waals surface area contributed by atoms with Crippen molar-refractivity contribution in [2.24, 2.45) is 0 Å². The zero-order valence-corrected chi connectivity index (χ0v) is 20.4. The van der Waals surface area contributed by atoms with Crippen molar-refractivity contribution in [3.63, 3.8) is 0 Å². The van der Waals surface area contributed by atoms with Crippen LogP contribution in [-0.4, -0.2) is 47.5 Å². The second-order valence-corrected chi connectivity index (χ2v) is 10.1. The van der Waals surface area contributed by atoms with E-state index in [-0.39, 0.29) is 43.0 Å². The Balaban J connectivity index is 1.29. The van der Waals surface area contributed by atoms with Crippen molar-refractivity contribution >= 4 is 29.0 Å². The van der Waals surface area contributed by atoms with Crippen molar-refractivity contribution in [2.45, 2.75) is 38.3 Å². The van der Waals surface area contributed by atoms with E-state index in [1.807, 2.05) is 47.5 Å². The van der Waals surface area contributed by atoms with E-state index < -0.39 is 0 Å². The number of halogens is 1. The molecule has 182 valence electrons. The van der Waals surface area contributed by atoms with E-state index in [0.717, 1.165) is 30.4 Å². The summed E-state index contributed by atoms with van der Waals surface area (Å²) in [6.45, 7) is 2.85. The first kappa shape index (κ1) is 23.4. The molecule has 1 aliphatic carbocycles. The average molecular weight is 494 g/mol. The first-order chi connectivity index (χ1) is 17.0. The minimum Gasteiger partial charge on any atom is -0.491 e. The number of fused-ring (bicyclic) bond motifs is 1. The lowest BCUT2D eigenvalue weighted by molar-refractivity contribution is -0.135. The summed E-state index contributed by atoms with van der Waals surface area (Å²) in [7, 11) is 0. The zero-order valence-electron chi connectivity index (χ0n) is 19.6. The standard InChI is InChI=1S/C27H28FN3O3S/c1-18-2-6-20(7-3-18)29-27(33)31(21-8-9-21)16-26(32)30-14-12-25-23(13-15-35-25)24(30)17-34-22-10-4-19(28)5-11-22/h2-7,10-11,13,15,21,24H,8-9,12,14,16-17H2,1H3,(H,29,33)/t24-/m0/s1. The molecule has 3 aromatic rings. The fourth-order valence-corrected chi connectivity index (χ4v) is 5.33. The smallest absolute Gasteiger partial charge is 0.322 e. The molecule has 1 aliphatic heterocycles. The highest BCUT2D eigenvalue weighted by molar-refractivity contribution is 7.10. The predicted molar refractivity (Wildman–Crippen MR) is 134 cm³/mol. The Hall–Kier alpha value is -3.39. The molecule has 0 saturated heterocycles. The third-order valence-corrected chi connectivity index (χ3v) is 7.49. The maximum Gasteiger partial charge on any atom is 0.322 e. The van der Waals surface area contributed by atoms with Crippen LogP contribution in [0, 0.1) is 12.7 Å². The number of ether oxygens (including phenoxy) is 1. The molecular weight excluding hydrogens is 465 g/mol. The van der Waals surface area contributed by atoms with Gasteiger partial charge < -0.3 is 19.9 Å². The van der Waals surface area contributed by atoms with E-state index in [4.69, 9.17) is 4.74 Å². The largest absolute Gasteiger partial charge is 0.491 e. The molecule has 6 nitrogen and oxygen atoms in total. The highest BCUT2D eigenvalue weighted by Crippen LogP contribution is 2.35. The molecule has 35 heavy (non-hydrogen) atoms. The fraction of sp³-hybridized carbons (Fsp3) is 0.333. The molecule has 0 bridgehead atoms. The van der Waals surface area contributed by atoms with Crippen LogP contribution < -0.4 is 10.1 Å². The second kappa shape index (κ2) is 10.1. The van der Waals surface area contributed by atoms with Gasteiger partial charge in [-0.05, 0) is 79.6 Å². The molecule has 0 spiro atoms. The molecule has 0 unspecified atom stereocenters. The number of aryl methyl sites for hydroxylation is 1. The number of nitrogens with zero attached hydrogens (tertiary/aromatic N) is 2. The average Bonchev–Trinajstić information content (AvgIpc) is 3.58. The lowest BCUT2D eigenvalue weighted by Crippen LogP contribution is -2.49. The minimum absolute atomic E-state index is 0.0227. The summed E-state index contributed by atoms with van der Waals surface area (Å²) in [6, 6.07) is 15.1. The Morgan fingerprint density at radius 2 is 1.86 bits per heavy atom. The van der Waals surface area contributed by atoms with E-state index in [1.54, 1.807) is 28.4 Å². The topological polar surface area (TPSA) is 61.9 Å². The molecule has 1 saturated carbocycles. The summed E-state index contributed by atoms with van der Waals surface area (Å²) in [5.74, 6) is 0.134.